The monoisotopic (exact) mass is 357 g/mol. The summed E-state index contributed by atoms with van der Waals surface area (Å²) in [4.78, 5) is 23.1. The molecule has 0 atom stereocenters. The van der Waals surface area contributed by atoms with Crippen molar-refractivity contribution in [1.82, 2.24) is 5.32 Å². The van der Waals surface area contributed by atoms with Gasteiger partial charge in [0.15, 0.2) is 0 Å². The fraction of sp³-hybridized carbons (Fsp3) is 0.0833. The predicted molar refractivity (Wildman–Crippen MR) is 81.8 cm³/mol. The van der Waals surface area contributed by atoms with Gasteiger partial charge in [0.05, 0.1) is 4.91 Å². The Morgan fingerprint density at radius 2 is 2.26 bits per heavy atom. The number of thiocarbonyl (C=S) groups is 1. The minimum absolute atomic E-state index is 0.247. The van der Waals surface area contributed by atoms with Gasteiger partial charge in [0.1, 0.15) is 10.1 Å². The summed E-state index contributed by atoms with van der Waals surface area (Å²) in [6, 6.07) is 5.18. The highest BCUT2D eigenvalue weighted by atomic mass is 79.9. The molecule has 98 valence electrons. The quantitative estimate of drug-likeness (QED) is 0.381. The zero-order valence-corrected chi connectivity index (χ0v) is 12.9. The average molecular weight is 358 g/mol. The standard InChI is InChI=1S/C12H8BrNO3S2/c1-6(15)17-9-3-2-8(13)4-7(9)5-10-11(16)14-12(18)19-10/h2-5H,1H3,(H,14,16,18). The largest absolute Gasteiger partial charge is 0.426 e. The minimum Gasteiger partial charge on any atom is -0.426 e. The molecule has 0 aromatic heterocycles. The van der Waals surface area contributed by atoms with E-state index in [-0.39, 0.29) is 5.91 Å². The lowest BCUT2D eigenvalue weighted by Crippen LogP contribution is -2.17. The maximum Gasteiger partial charge on any atom is 0.308 e. The van der Waals surface area contributed by atoms with Gasteiger partial charge in [-0.05, 0) is 24.3 Å². The number of hydrogen-bond donors (Lipinski definition) is 1. The molecular formula is C12H8BrNO3S2. The lowest BCUT2D eigenvalue weighted by molar-refractivity contribution is -0.131. The molecule has 1 heterocycles. The molecule has 0 aliphatic carbocycles. The second-order valence-corrected chi connectivity index (χ2v) is 6.26. The molecule has 2 rings (SSSR count). The minimum atomic E-state index is -0.416. The van der Waals surface area contributed by atoms with Crippen LogP contribution in [-0.2, 0) is 9.59 Å². The van der Waals surface area contributed by atoms with E-state index in [9.17, 15) is 9.59 Å². The third-order valence-electron chi connectivity index (χ3n) is 2.15. The Balaban J connectivity index is 2.40. The molecule has 7 heteroatoms. The van der Waals surface area contributed by atoms with E-state index in [1.807, 2.05) is 0 Å². The average Bonchev–Trinajstić information content (AvgIpc) is 2.61. The van der Waals surface area contributed by atoms with Crippen molar-refractivity contribution in [3.05, 3.63) is 33.1 Å². The highest BCUT2D eigenvalue weighted by Crippen LogP contribution is 2.31. The van der Waals surface area contributed by atoms with E-state index in [1.54, 1.807) is 24.3 Å². The molecule has 0 bridgehead atoms. The number of ether oxygens (including phenoxy) is 1. The Hall–Kier alpha value is -1.18. The first kappa shape index (κ1) is 14.2. The zero-order valence-electron chi connectivity index (χ0n) is 9.73. The van der Waals surface area contributed by atoms with Crippen molar-refractivity contribution in [1.29, 1.82) is 0 Å². The van der Waals surface area contributed by atoms with Crippen molar-refractivity contribution in [2.45, 2.75) is 6.92 Å². The lowest BCUT2D eigenvalue weighted by atomic mass is 10.2. The van der Waals surface area contributed by atoms with Gasteiger partial charge >= 0.3 is 5.97 Å². The number of amides is 1. The summed E-state index contributed by atoms with van der Waals surface area (Å²) in [6.07, 6.45) is 1.64. The highest BCUT2D eigenvalue weighted by molar-refractivity contribution is 9.10. The van der Waals surface area contributed by atoms with Gasteiger partial charge in [-0.15, -0.1) is 0 Å². The van der Waals surface area contributed by atoms with E-state index in [0.717, 1.165) is 4.47 Å². The summed E-state index contributed by atoms with van der Waals surface area (Å²) in [6.45, 7) is 1.32. The number of nitrogens with one attached hydrogen (secondary N) is 1. The maximum absolute atomic E-state index is 11.6. The molecule has 0 saturated carbocycles. The number of thioether (sulfide) groups is 1. The summed E-state index contributed by atoms with van der Waals surface area (Å²) in [5.74, 6) is -0.265. The molecule has 0 unspecified atom stereocenters. The number of hydrogen-bond acceptors (Lipinski definition) is 5. The van der Waals surface area contributed by atoms with E-state index in [2.05, 4.69) is 21.2 Å². The molecule has 1 amide bonds. The summed E-state index contributed by atoms with van der Waals surface area (Å²) >= 11 is 9.43. The van der Waals surface area contributed by atoms with E-state index in [1.165, 1.54) is 18.7 Å². The molecule has 1 aliphatic heterocycles. The smallest absolute Gasteiger partial charge is 0.308 e. The second-order valence-electron chi connectivity index (χ2n) is 3.63. The van der Waals surface area contributed by atoms with Crippen LogP contribution < -0.4 is 10.1 Å². The normalized spacial score (nSPS) is 16.6. The van der Waals surface area contributed by atoms with Crippen LogP contribution in [0.15, 0.2) is 27.6 Å². The number of carbonyl (C=O) groups is 2. The molecule has 0 spiro atoms. The Morgan fingerprint density at radius 1 is 1.53 bits per heavy atom. The van der Waals surface area contributed by atoms with Crippen molar-refractivity contribution < 1.29 is 14.3 Å². The first-order chi connectivity index (χ1) is 8.95. The van der Waals surface area contributed by atoms with Crippen LogP contribution >= 0.6 is 39.9 Å². The van der Waals surface area contributed by atoms with Gasteiger partial charge in [0, 0.05) is 17.0 Å². The molecule has 1 aliphatic rings. The van der Waals surface area contributed by atoms with E-state index in [4.69, 9.17) is 17.0 Å². The second kappa shape index (κ2) is 5.85. The van der Waals surface area contributed by atoms with Crippen LogP contribution in [0.4, 0.5) is 0 Å². The molecule has 0 radical (unpaired) electrons. The summed E-state index contributed by atoms with van der Waals surface area (Å²) in [7, 11) is 0. The van der Waals surface area contributed by atoms with Gasteiger partial charge in [0.25, 0.3) is 5.91 Å². The predicted octanol–water partition coefficient (Wildman–Crippen LogP) is 2.86. The van der Waals surface area contributed by atoms with Crippen molar-refractivity contribution in [2.24, 2.45) is 0 Å². The molecule has 1 N–H and O–H groups in total. The van der Waals surface area contributed by atoms with Gasteiger partial charge in [-0.25, -0.2) is 0 Å². The van der Waals surface area contributed by atoms with Crippen LogP contribution in [0, 0.1) is 0 Å². The third kappa shape index (κ3) is 3.65. The van der Waals surface area contributed by atoms with Gasteiger partial charge in [-0.2, -0.15) is 0 Å². The van der Waals surface area contributed by atoms with Crippen LogP contribution in [0.3, 0.4) is 0 Å². The molecule has 19 heavy (non-hydrogen) atoms. The number of esters is 1. The fourth-order valence-electron chi connectivity index (χ4n) is 1.44. The van der Waals surface area contributed by atoms with Gasteiger partial charge < -0.3 is 10.1 Å². The first-order valence-electron chi connectivity index (χ1n) is 5.18. The topological polar surface area (TPSA) is 55.4 Å². The van der Waals surface area contributed by atoms with Crippen molar-refractivity contribution >= 4 is 62.2 Å². The number of carbonyl (C=O) groups excluding carboxylic acids is 2. The van der Waals surface area contributed by atoms with Gasteiger partial charge in [-0.1, -0.05) is 39.9 Å². The summed E-state index contributed by atoms with van der Waals surface area (Å²) in [5.41, 5.74) is 0.631. The zero-order chi connectivity index (χ0) is 14.0. The van der Waals surface area contributed by atoms with Crippen molar-refractivity contribution in [2.75, 3.05) is 0 Å². The van der Waals surface area contributed by atoms with Gasteiger partial charge in [-0.3, -0.25) is 9.59 Å². The number of rotatable bonds is 2. The highest BCUT2D eigenvalue weighted by Gasteiger charge is 2.22. The van der Waals surface area contributed by atoms with Crippen LogP contribution in [0.2, 0.25) is 0 Å². The summed E-state index contributed by atoms with van der Waals surface area (Å²) < 4.78 is 6.33. The van der Waals surface area contributed by atoms with Crippen LogP contribution in [0.1, 0.15) is 12.5 Å². The lowest BCUT2D eigenvalue weighted by Gasteiger charge is -2.06. The Kier molecular flexibility index (Phi) is 4.38. The molecule has 4 nitrogen and oxygen atoms in total. The number of benzene rings is 1. The van der Waals surface area contributed by atoms with E-state index < -0.39 is 5.97 Å². The molecule has 1 fully saturated rings. The maximum atomic E-state index is 11.6. The molecule has 1 aromatic rings. The Bertz CT molecular complexity index is 613. The summed E-state index contributed by atoms with van der Waals surface area (Å²) in [5, 5.41) is 2.53. The SMILES string of the molecule is CC(=O)Oc1ccc(Br)cc1C=C1SC(=S)NC1=O. The van der Waals surface area contributed by atoms with Crippen LogP contribution in [0.25, 0.3) is 6.08 Å². The Labute approximate surface area is 127 Å². The first-order valence-corrected chi connectivity index (χ1v) is 7.20. The van der Waals surface area contributed by atoms with Crippen LogP contribution in [0.5, 0.6) is 5.75 Å². The molecular weight excluding hydrogens is 350 g/mol. The number of halogens is 1. The molecule has 1 aromatic carbocycles. The van der Waals surface area contributed by atoms with Crippen molar-refractivity contribution in [3.63, 3.8) is 0 Å². The third-order valence-corrected chi connectivity index (χ3v) is 3.81. The van der Waals surface area contributed by atoms with Crippen molar-refractivity contribution in [3.8, 4) is 5.75 Å². The van der Waals surface area contributed by atoms with Crippen LogP contribution in [-0.4, -0.2) is 16.2 Å². The van der Waals surface area contributed by atoms with E-state index >= 15 is 0 Å². The van der Waals surface area contributed by atoms with Gasteiger partial charge in [0.2, 0.25) is 0 Å². The van der Waals surface area contributed by atoms with E-state index in [0.29, 0.717) is 20.5 Å². The Morgan fingerprint density at radius 3 is 2.84 bits per heavy atom. The molecule has 1 saturated heterocycles. The fourth-order valence-corrected chi connectivity index (χ4v) is 2.86.